The fraction of sp³-hybridized carbons (Fsp3) is 0.565. The Morgan fingerprint density at radius 2 is 2.00 bits per heavy atom. The molecule has 0 aliphatic carbocycles. The highest BCUT2D eigenvalue weighted by molar-refractivity contribution is 5.78. The van der Waals surface area contributed by atoms with E-state index in [1.165, 1.54) is 16.7 Å². The molecule has 5 nitrogen and oxygen atoms in total. The molecule has 1 aromatic heterocycles. The number of aryl methyl sites for hydroxylation is 3. The summed E-state index contributed by atoms with van der Waals surface area (Å²) in [5, 5.41) is 4.57. The highest BCUT2D eigenvalue weighted by Gasteiger charge is 2.43. The van der Waals surface area contributed by atoms with Gasteiger partial charge in [-0.25, -0.2) is 0 Å². The molecule has 1 fully saturated rings. The van der Waals surface area contributed by atoms with Crippen molar-refractivity contribution in [1.82, 2.24) is 14.7 Å². The Balaban J connectivity index is 1.83. The molecule has 0 spiro atoms. The topological polar surface area (TPSA) is 47.4 Å². The molecule has 0 radical (unpaired) electrons. The first-order valence-electron chi connectivity index (χ1n) is 10.4. The quantitative estimate of drug-likeness (QED) is 0.680. The van der Waals surface area contributed by atoms with Crippen LogP contribution in [0.2, 0.25) is 0 Å². The van der Waals surface area contributed by atoms with E-state index >= 15 is 0 Å². The minimum Gasteiger partial charge on any atom is -0.466 e. The maximum absolute atomic E-state index is 13.1. The van der Waals surface area contributed by atoms with Gasteiger partial charge in [-0.05, 0) is 64.6 Å². The summed E-state index contributed by atoms with van der Waals surface area (Å²) < 4.78 is 7.55. The second-order valence-electron chi connectivity index (χ2n) is 8.01. The van der Waals surface area contributed by atoms with E-state index in [0.29, 0.717) is 6.61 Å². The molecular weight excluding hydrogens is 350 g/mol. The van der Waals surface area contributed by atoms with Gasteiger partial charge in [-0.2, -0.15) is 5.10 Å². The Kier molecular flexibility index (Phi) is 6.55. The van der Waals surface area contributed by atoms with E-state index in [-0.39, 0.29) is 5.97 Å². The first-order valence-corrected chi connectivity index (χ1v) is 10.4. The van der Waals surface area contributed by atoms with Crippen LogP contribution in [0.15, 0.2) is 30.5 Å². The number of hydrogen-bond donors (Lipinski definition) is 0. The van der Waals surface area contributed by atoms with Crippen molar-refractivity contribution in [2.45, 2.75) is 60.0 Å². The van der Waals surface area contributed by atoms with Crippen LogP contribution in [0, 0.1) is 19.3 Å². The molecule has 1 aromatic carbocycles. The number of rotatable bonds is 7. The fourth-order valence-electron chi connectivity index (χ4n) is 4.32. The molecule has 28 heavy (non-hydrogen) atoms. The number of aromatic nitrogens is 2. The number of nitrogens with zero attached hydrogens (tertiary/aromatic N) is 3. The van der Waals surface area contributed by atoms with Gasteiger partial charge in [0.1, 0.15) is 0 Å². The molecule has 0 N–H and O–H groups in total. The van der Waals surface area contributed by atoms with E-state index in [1.807, 2.05) is 11.6 Å². The van der Waals surface area contributed by atoms with Crippen molar-refractivity contribution in [3.8, 4) is 0 Å². The predicted octanol–water partition coefficient (Wildman–Crippen LogP) is 3.91. The van der Waals surface area contributed by atoms with E-state index in [2.05, 4.69) is 61.2 Å². The molecule has 0 bridgehead atoms. The Morgan fingerprint density at radius 3 is 2.68 bits per heavy atom. The second-order valence-corrected chi connectivity index (χ2v) is 8.01. The largest absolute Gasteiger partial charge is 0.466 e. The van der Waals surface area contributed by atoms with E-state index in [1.54, 1.807) is 0 Å². The highest BCUT2D eigenvalue weighted by atomic mass is 16.5. The van der Waals surface area contributed by atoms with Crippen molar-refractivity contribution in [2.75, 3.05) is 19.7 Å². The smallest absolute Gasteiger partial charge is 0.313 e. The highest BCUT2D eigenvalue weighted by Crippen LogP contribution is 2.36. The number of likely N-dealkylation sites (tertiary alicyclic amines) is 1. The third-order valence-corrected chi connectivity index (χ3v) is 5.92. The maximum Gasteiger partial charge on any atom is 0.313 e. The van der Waals surface area contributed by atoms with Gasteiger partial charge < -0.3 is 4.74 Å². The van der Waals surface area contributed by atoms with Crippen molar-refractivity contribution in [3.05, 3.63) is 52.8 Å². The molecule has 1 aliphatic rings. The lowest BCUT2D eigenvalue weighted by Gasteiger charge is -2.41. The van der Waals surface area contributed by atoms with Crippen LogP contribution in [-0.2, 0) is 29.0 Å². The molecule has 1 saturated heterocycles. The minimum absolute atomic E-state index is 0.0519. The predicted molar refractivity (Wildman–Crippen MR) is 111 cm³/mol. The number of esters is 1. The molecular formula is C23H33N3O2. The van der Waals surface area contributed by atoms with Gasteiger partial charge in [0.2, 0.25) is 0 Å². The number of ether oxygens (including phenoxy) is 1. The lowest BCUT2D eigenvalue weighted by Crippen LogP contribution is -2.49. The molecule has 1 aliphatic heterocycles. The first-order chi connectivity index (χ1) is 13.5. The normalized spacial score (nSPS) is 20.3. The minimum atomic E-state index is -0.477. The van der Waals surface area contributed by atoms with Crippen LogP contribution < -0.4 is 0 Å². The van der Waals surface area contributed by atoms with E-state index in [9.17, 15) is 4.79 Å². The zero-order valence-corrected chi connectivity index (χ0v) is 17.7. The molecule has 2 aromatic rings. The van der Waals surface area contributed by atoms with Crippen LogP contribution in [0.4, 0.5) is 0 Å². The van der Waals surface area contributed by atoms with E-state index in [4.69, 9.17) is 4.74 Å². The third kappa shape index (κ3) is 4.46. The van der Waals surface area contributed by atoms with Crippen molar-refractivity contribution in [1.29, 1.82) is 0 Å². The number of carbonyl (C=O) groups excluding carboxylic acids is 1. The first kappa shape index (κ1) is 20.6. The standard InChI is InChI=1S/C23H33N3O2/c1-5-26-16-21(19(4)24-26)15-25-13-9-12-23(17-25,22(27)28-6-2)14-20-11-8-7-10-18(20)3/h7-8,10-11,16H,5-6,9,12-15,17H2,1-4H3/t23-/m1/s1. The van der Waals surface area contributed by atoms with Crippen molar-refractivity contribution in [3.63, 3.8) is 0 Å². The zero-order chi connectivity index (χ0) is 20.1. The van der Waals surface area contributed by atoms with Gasteiger partial charge in [0, 0.05) is 31.4 Å². The van der Waals surface area contributed by atoms with E-state index < -0.39 is 5.41 Å². The number of hydrogen-bond acceptors (Lipinski definition) is 4. The van der Waals surface area contributed by atoms with Gasteiger partial charge in [-0.1, -0.05) is 24.3 Å². The van der Waals surface area contributed by atoms with Gasteiger partial charge in [-0.3, -0.25) is 14.4 Å². The van der Waals surface area contributed by atoms with Gasteiger partial charge in [0.05, 0.1) is 17.7 Å². The molecule has 1 atom stereocenters. The van der Waals surface area contributed by atoms with Crippen molar-refractivity contribution >= 4 is 5.97 Å². The van der Waals surface area contributed by atoms with Crippen molar-refractivity contribution in [2.24, 2.45) is 5.41 Å². The number of benzene rings is 1. The summed E-state index contributed by atoms with van der Waals surface area (Å²) in [5.74, 6) is -0.0519. The molecule has 0 unspecified atom stereocenters. The molecule has 5 heteroatoms. The fourth-order valence-corrected chi connectivity index (χ4v) is 4.32. The lowest BCUT2D eigenvalue weighted by molar-refractivity contribution is -0.159. The summed E-state index contributed by atoms with van der Waals surface area (Å²) in [5.41, 5.74) is 4.33. The average Bonchev–Trinajstić information content (AvgIpc) is 3.04. The van der Waals surface area contributed by atoms with Gasteiger partial charge >= 0.3 is 5.97 Å². The summed E-state index contributed by atoms with van der Waals surface area (Å²) in [6.45, 7) is 12.1. The summed E-state index contributed by atoms with van der Waals surface area (Å²) in [7, 11) is 0. The Hall–Kier alpha value is -2.14. The summed E-state index contributed by atoms with van der Waals surface area (Å²) in [6.07, 6.45) is 4.76. The molecule has 2 heterocycles. The van der Waals surface area contributed by atoms with E-state index in [0.717, 1.165) is 51.1 Å². The number of carbonyl (C=O) groups is 1. The molecule has 152 valence electrons. The summed E-state index contributed by atoms with van der Waals surface area (Å²) in [6, 6.07) is 8.38. The van der Waals surface area contributed by atoms with Crippen LogP contribution in [0.25, 0.3) is 0 Å². The summed E-state index contributed by atoms with van der Waals surface area (Å²) in [4.78, 5) is 15.5. The third-order valence-electron chi connectivity index (χ3n) is 5.92. The zero-order valence-electron chi connectivity index (χ0n) is 17.7. The monoisotopic (exact) mass is 383 g/mol. The number of piperidine rings is 1. The van der Waals surface area contributed by atoms with Crippen LogP contribution in [-0.4, -0.2) is 40.3 Å². The molecule has 0 saturated carbocycles. The van der Waals surface area contributed by atoms with Crippen LogP contribution in [0.5, 0.6) is 0 Å². The van der Waals surface area contributed by atoms with Crippen molar-refractivity contribution < 1.29 is 9.53 Å². The Bertz CT molecular complexity index is 814. The van der Waals surface area contributed by atoms with Crippen LogP contribution in [0.3, 0.4) is 0 Å². The second kappa shape index (κ2) is 8.91. The van der Waals surface area contributed by atoms with Gasteiger partial charge in [-0.15, -0.1) is 0 Å². The van der Waals surface area contributed by atoms with Crippen LogP contribution in [0.1, 0.15) is 49.1 Å². The summed E-state index contributed by atoms with van der Waals surface area (Å²) >= 11 is 0. The Labute approximate surface area is 168 Å². The molecule has 0 amide bonds. The Morgan fingerprint density at radius 1 is 1.21 bits per heavy atom. The SMILES string of the molecule is CCOC(=O)[C@@]1(Cc2ccccc2C)CCCN(Cc2cn(CC)nc2C)C1. The van der Waals surface area contributed by atoms with Gasteiger partial charge in [0.15, 0.2) is 0 Å². The lowest BCUT2D eigenvalue weighted by atomic mass is 9.74. The van der Waals surface area contributed by atoms with Gasteiger partial charge in [0.25, 0.3) is 0 Å². The average molecular weight is 384 g/mol. The maximum atomic E-state index is 13.1. The molecule has 3 rings (SSSR count). The van der Waals surface area contributed by atoms with Crippen LogP contribution >= 0.6 is 0 Å².